The molecule has 1 saturated heterocycles. The number of carbonyl (C=O) groups is 1. The smallest absolute Gasteiger partial charge is 0.389 e. The summed E-state index contributed by atoms with van der Waals surface area (Å²) in [7, 11) is -4.00. The van der Waals surface area contributed by atoms with Crippen molar-refractivity contribution in [2.75, 3.05) is 11.5 Å². The van der Waals surface area contributed by atoms with Crippen molar-refractivity contribution in [3.05, 3.63) is 0 Å². The minimum absolute atomic E-state index is 0.122. The van der Waals surface area contributed by atoms with Crippen LogP contribution in [-0.4, -0.2) is 52.9 Å². The van der Waals surface area contributed by atoms with Crippen molar-refractivity contribution < 1.29 is 31.5 Å². The van der Waals surface area contributed by atoms with Crippen LogP contribution in [0.4, 0.5) is 13.2 Å². The fraction of sp³-hybridized carbons (Fsp3) is 0.909. The van der Waals surface area contributed by atoms with E-state index in [1.807, 2.05) is 0 Å². The van der Waals surface area contributed by atoms with Crippen LogP contribution >= 0.6 is 11.8 Å². The maximum atomic E-state index is 12.3. The summed E-state index contributed by atoms with van der Waals surface area (Å²) in [6, 6.07) is -1.17. The fourth-order valence-electron chi connectivity index (χ4n) is 2.33. The summed E-state index contributed by atoms with van der Waals surface area (Å²) in [5.74, 6) is -1.64. The van der Waals surface area contributed by atoms with E-state index in [2.05, 4.69) is 0 Å². The first kappa shape index (κ1) is 16.9. The lowest BCUT2D eigenvalue weighted by Crippen LogP contribution is -2.47. The number of sulfonamides is 1. The Balaban J connectivity index is 2.08. The van der Waals surface area contributed by atoms with E-state index in [1.54, 1.807) is 0 Å². The van der Waals surface area contributed by atoms with Crippen LogP contribution in [0.25, 0.3) is 0 Å². The predicted octanol–water partition coefficient (Wildman–Crippen LogP) is 1.90. The molecule has 1 aliphatic heterocycles. The molecule has 0 spiro atoms. The van der Waals surface area contributed by atoms with E-state index in [4.69, 9.17) is 5.11 Å². The van der Waals surface area contributed by atoms with Gasteiger partial charge in [-0.05, 0) is 25.2 Å². The quantitative estimate of drug-likeness (QED) is 0.794. The molecular formula is C11H16F3NO4S2. The molecule has 1 N–H and O–H groups in total. The number of carboxylic acid groups (broad SMARTS) is 1. The third kappa shape index (κ3) is 4.26. The van der Waals surface area contributed by atoms with Gasteiger partial charge in [-0.25, -0.2) is 8.42 Å². The lowest BCUT2D eigenvalue weighted by atomic mass is 10.3. The van der Waals surface area contributed by atoms with Gasteiger partial charge in [0, 0.05) is 12.2 Å². The summed E-state index contributed by atoms with van der Waals surface area (Å²) in [4.78, 5) is 11.2. The molecule has 0 bridgehead atoms. The van der Waals surface area contributed by atoms with Crippen molar-refractivity contribution in [3.8, 4) is 0 Å². The average molecular weight is 347 g/mol. The molecular weight excluding hydrogens is 331 g/mol. The van der Waals surface area contributed by atoms with Gasteiger partial charge in [0.1, 0.15) is 6.04 Å². The monoisotopic (exact) mass is 347 g/mol. The number of halogens is 3. The Morgan fingerprint density at radius 2 is 1.95 bits per heavy atom. The van der Waals surface area contributed by atoms with E-state index < -0.39 is 52.2 Å². The number of hydrogen-bond acceptors (Lipinski definition) is 4. The number of aliphatic carboxylic acids is 1. The Kier molecular flexibility index (Phi) is 4.79. The van der Waals surface area contributed by atoms with Gasteiger partial charge in [-0.1, -0.05) is 0 Å². The summed E-state index contributed by atoms with van der Waals surface area (Å²) in [5, 5.41) is 8.68. The van der Waals surface area contributed by atoms with Gasteiger partial charge in [-0.2, -0.15) is 17.5 Å². The van der Waals surface area contributed by atoms with E-state index in [1.165, 1.54) is 11.8 Å². The lowest BCUT2D eigenvalue weighted by molar-refractivity contribution is -0.140. The minimum atomic E-state index is -4.41. The van der Waals surface area contributed by atoms with Crippen molar-refractivity contribution in [1.29, 1.82) is 0 Å². The summed E-state index contributed by atoms with van der Waals surface area (Å²) in [5.41, 5.74) is 0. The zero-order chi connectivity index (χ0) is 15.8. The Labute approximate surface area is 124 Å². The summed E-state index contributed by atoms with van der Waals surface area (Å²) >= 11 is 1.27. The summed E-state index contributed by atoms with van der Waals surface area (Å²) < 4.78 is 61.8. The zero-order valence-electron chi connectivity index (χ0n) is 11.0. The van der Waals surface area contributed by atoms with Crippen molar-refractivity contribution >= 4 is 27.8 Å². The molecule has 0 aromatic rings. The Morgan fingerprint density at radius 3 is 2.43 bits per heavy atom. The van der Waals surface area contributed by atoms with Crippen LogP contribution in [0.2, 0.25) is 0 Å². The lowest BCUT2D eigenvalue weighted by Gasteiger charge is -2.26. The second kappa shape index (κ2) is 5.96. The van der Waals surface area contributed by atoms with Crippen LogP contribution in [0.5, 0.6) is 0 Å². The molecule has 0 aromatic heterocycles. The average Bonchev–Trinajstić information content (AvgIpc) is 3.04. The first-order valence-corrected chi connectivity index (χ1v) is 9.20. The maximum absolute atomic E-state index is 12.3. The highest BCUT2D eigenvalue weighted by Crippen LogP contribution is 2.46. The number of rotatable bonds is 6. The van der Waals surface area contributed by atoms with Gasteiger partial charge in [0.25, 0.3) is 0 Å². The molecule has 2 fully saturated rings. The summed E-state index contributed by atoms with van der Waals surface area (Å²) in [6.45, 7) is 0. The van der Waals surface area contributed by atoms with Crippen LogP contribution in [0.3, 0.4) is 0 Å². The normalized spacial score (nSPS) is 28.0. The molecule has 1 aliphatic carbocycles. The second-order valence-electron chi connectivity index (χ2n) is 5.28. The standard InChI is InChI=1S/C11H16F3NO4S2/c12-11(13,14)4-1-5-21(18,19)15-8(10(16)17)6-20-9(15)7-2-3-7/h7-9H,1-6H2,(H,16,17). The maximum Gasteiger partial charge on any atom is 0.389 e. The number of thioether (sulfide) groups is 1. The van der Waals surface area contributed by atoms with Crippen molar-refractivity contribution in [3.63, 3.8) is 0 Å². The Morgan fingerprint density at radius 1 is 1.33 bits per heavy atom. The molecule has 2 unspecified atom stereocenters. The van der Waals surface area contributed by atoms with Crippen molar-refractivity contribution in [1.82, 2.24) is 4.31 Å². The topological polar surface area (TPSA) is 74.7 Å². The van der Waals surface area contributed by atoms with E-state index in [0.29, 0.717) is 0 Å². The predicted molar refractivity (Wildman–Crippen MR) is 71.3 cm³/mol. The molecule has 10 heteroatoms. The molecule has 2 atom stereocenters. The first-order valence-electron chi connectivity index (χ1n) is 6.54. The Bertz CT molecular complexity index is 504. The highest BCUT2D eigenvalue weighted by Gasteiger charge is 2.51. The van der Waals surface area contributed by atoms with Gasteiger partial charge in [0.15, 0.2) is 0 Å². The largest absolute Gasteiger partial charge is 0.480 e. The van der Waals surface area contributed by atoms with Crippen LogP contribution in [0, 0.1) is 5.92 Å². The van der Waals surface area contributed by atoms with Gasteiger partial charge >= 0.3 is 12.1 Å². The van der Waals surface area contributed by atoms with Gasteiger partial charge in [-0.15, -0.1) is 11.8 Å². The zero-order valence-corrected chi connectivity index (χ0v) is 12.7. The third-order valence-corrected chi connectivity index (χ3v) is 7.00. The second-order valence-corrected chi connectivity index (χ2v) is 8.42. The van der Waals surface area contributed by atoms with E-state index in [9.17, 15) is 26.4 Å². The number of nitrogens with zero attached hydrogens (tertiary/aromatic N) is 1. The third-order valence-electron chi connectivity index (χ3n) is 3.48. The van der Waals surface area contributed by atoms with Crippen LogP contribution in [-0.2, 0) is 14.8 Å². The van der Waals surface area contributed by atoms with Gasteiger partial charge in [0.2, 0.25) is 10.0 Å². The molecule has 1 saturated carbocycles. The highest BCUT2D eigenvalue weighted by molar-refractivity contribution is 8.01. The molecule has 5 nitrogen and oxygen atoms in total. The number of alkyl halides is 3. The van der Waals surface area contributed by atoms with Gasteiger partial charge in [0.05, 0.1) is 11.1 Å². The van der Waals surface area contributed by atoms with Crippen molar-refractivity contribution in [2.45, 2.75) is 43.3 Å². The van der Waals surface area contributed by atoms with Crippen molar-refractivity contribution in [2.24, 2.45) is 5.92 Å². The summed E-state index contributed by atoms with van der Waals surface area (Å²) in [6.07, 6.45) is -4.47. The highest BCUT2D eigenvalue weighted by atomic mass is 32.2. The van der Waals surface area contributed by atoms with E-state index >= 15 is 0 Å². The molecule has 0 aromatic carbocycles. The molecule has 0 amide bonds. The van der Waals surface area contributed by atoms with Crippen LogP contribution in [0.15, 0.2) is 0 Å². The SMILES string of the molecule is O=C(O)C1CSC(C2CC2)N1S(=O)(=O)CCCC(F)(F)F. The molecule has 21 heavy (non-hydrogen) atoms. The Hall–Kier alpha value is -0.480. The van der Waals surface area contributed by atoms with Crippen LogP contribution < -0.4 is 0 Å². The van der Waals surface area contributed by atoms with E-state index in [0.717, 1.165) is 17.1 Å². The van der Waals surface area contributed by atoms with Crippen LogP contribution in [0.1, 0.15) is 25.7 Å². The fourth-order valence-corrected chi connectivity index (χ4v) is 6.28. The molecule has 2 rings (SSSR count). The van der Waals surface area contributed by atoms with Gasteiger partial charge < -0.3 is 5.11 Å². The number of hydrogen-bond donors (Lipinski definition) is 1. The first-order chi connectivity index (χ1) is 9.62. The molecule has 122 valence electrons. The van der Waals surface area contributed by atoms with Gasteiger partial charge in [-0.3, -0.25) is 4.79 Å². The molecule has 0 radical (unpaired) electrons. The number of carboxylic acids is 1. The minimum Gasteiger partial charge on any atom is -0.480 e. The van der Waals surface area contributed by atoms with E-state index in [-0.39, 0.29) is 11.7 Å². The molecule has 2 aliphatic rings. The molecule has 1 heterocycles.